The van der Waals surface area contributed by atoms with E-state index in [1.807, 2.05) is 42.5 Å². The summed E-state index contributed by atoms with van der Waals surface area (Å²) in [5.74, 6) is -1.52. The van der Waals surface area contributed by atoms with Crippen LogP contribution in [-0.4, -0.2) is 36.0 Å². The maximum atomic E-state index is 12.4. The van der Waals surface area contributed by atoms with Crippen LogP contribution in [0.15, 0.2) is 42.5 Å². The van der Waals surface area contributed by atoms with Gasteiger partial charge in [-0.2, -0.15) is 5.26 Å². The van der Waals surface area contributed by atoms with Gasteiger partial charge in [-0.1, -0.05) is 61.7 Å². The predicted octanol–water partition coefficient (Wildman–Crippen LogP) is 2.77. The zero-order valence-corrected chi connectivity index (χ0v) is 17.6. The lowest BCUT2D eigenvalue weighted by Crippen LogP contribution is -2.52. The minimum Gasteiger partial charge on any atom is -0.451 e. The molecule has 1 saturated carbocycles. The van der Waals surface area contributed by atoms with Crippen LogP contribution >= 0.6 is 0 Å². The third-order valence-electron chi connectivity index (χ3n) is 5.62. The number of amides is 2. The highest BCUT2D eigenvalue weighted by Gasteiger charge is 2.35. The van der Waals surface area contributed by atoms with Gasteiger partial charge < -0.3 is 15.4 Å². The van der Waals surface area contributed by atoms with E-state index in [1.54, 1.807) is 0 Å². The van der Waals surface area contributed by atoms with E-state index in [-0.39, 0.29) is 18.9 Å². The van der Waals surface area contributed by atoms with E-state index < -0.39 is 23.5 Å². The van der Waals surface area contributed by atoms with E-state index in [9.17, 15) is 19.6 Å². The number of carbonyl (C=O) groups excluding carboxylic acids is 3. The van der Waals surface area contributed by atoms with Gasteiger partial charge in [-0.3, -0.25) is 14.4 Å². The van der Waals surface area contributed by atoms with Gasteiger partial charge >= 0.3 is 5.97 Å². The zero-order chi connectivity index (χ0) is 22.3. The number of esters is 1. The molecule has 7 heteroatoms. The van der Waals surface area contributed by atoms with Crippen LogP contribution in [-0.2, 0) is 25.5 Å². The van der Waals surface area contributed by atoms with E-state index in [0.29, 0.717) is 12.8 Å². The lowest BCUT2D eigenvalue weighted by Gasteiger charge is -2.32. The van der Waals surface area contributed by atoms with Crippen LogP contribution in [0.1, 0.15) is 44.6 Å². The van der Waals surface area contributed by atoms with Crippen LogP contribution in [0.3, 0.4) is 0 Å². The topological polar surface area (TPSA) is 108 Å². The molecule has 0 radical (unpaired) electrons. The van der Waals surface area contributed by atoms with Crippen molar-refractivity contribution in [3.05, 3.63) is 48.0 Å². The molecule has 1 aliphatic carbocycles. The van der Waals surface area contributed by atoms with Crippen molar-refractivity contribution >= 4 is 28.6 Å². The summed E-state index contributed by atoms with van der Waals surface area (Å²) in [7, 11) is 0. The molecule has 2 amide bonds. The number of nitriles is 1. The molecule has 0 spiro atoms. The first-order valence-electron chi connectivity index (χ1n) is 10.6. The smallest absolute Gasteiger partial charge is 0.326 e. The van der Waals surface area contributed by atoms with Crippen molar-refractivity contribution in [2.24, 2.45) is 0 Å². The molecule has 162 valence electrons. The molecule has 0 bridgehead atoms. The number of hydrogen-bond acceptors (Lipinski definition) is 5. The summed E-state index contributed by atoms with van der Waals surface area (Å²) in [5.41, 5.74) is -0.0196. The predicted molar refractivity (Wildman–Crippen MR) is 116 cm³/mol. The van der Waals surface area contributed by atoms with Crippen molar-refractivity contribution in [2.45, 2.75) is 57.1 Å². The molecule has 1 fully saturated rings. The fourth-order valence-electron chi connectivity index (χ4n) is 3.90. The standard InChI is InChI=1S/C24H27N3O4/c1-17(23(30)27-24(16-25)12-5-2-6-13-24)31-22(29)15-26-21(28)14-19-10-7-9-18-8-3-4-11-20(18)19/h3-4,7-11,17H,2,5-6,12-15H2,1H3,(H,26,28)(H,27,30)/t17-/m1/s1. The second-order valence-corrected chi connectivity index (χ2v) is 7.97. The Labute approximate surface area is 181 Å². The largest absolute Gasteiger partial charge is 0.451 e. The molecule has 0 heterocycles. The van der Waals surface area contributed by atoms with Crippen molar-refractivity contribution in [3.8, 4) is 6.07 Å². The summed E-state index contributed by atoms with van der Waals surface area (Å²) in [6.07, 6.45) is 3.09. The molecule has 0 saturated heterocycles. The summed E-state index contributed by atoms with van der Waals surface area (Å²) >= 11 is 0. The van der Waals surface area contributed by atoms with Gasteiger partial charge in [-0.15, -0.1) is 0 Å². The van der Waals surface area contributed by atoms with Crippen LogP contribution in [0.25, 0.3) is 10.8 Å². The molecule has 3 rings (SSSR count). The highest BCUT2D eigenvalue weighted by molar-refractivity contribution is 5.91. The summed E-state index contributed by atoms with van der Waals surface area (Å²) in [5, 5.41) is 16.8. The van der Waals surface area contributed by atoms with E-state index in [0.717, 1.165) is 35.6 Å². The maximum Gasteiger partial charge on any atom is 0.326 e. The van der Waals surface area contributed by atoms with Crippen LogP contribution in [0, 0.1) is 11.3 Å². The second-order valence-electron chi connectivity index (χ2n) is 7.97. The van der Waals surface area contributed by atoms with E-state index in [2.05, 4.69) is 16.7 Å². The number of hydrogen-bond donors (Lipinski definition) is 2. The second kappa shape index (κ2) is 10.1. The van der Waals surface area contributed by atoms with E-state index >= 15 is 0 Å². The fraction of sp³-hybridized carbons (Fsp3) is 0.417. The molecule has 2 N–H and O–H groups in total. The van der Waals surface area contributed by atoms with Crippen molar-refractivity contribution in [1.82, 2.24) is 10.6 Å². The lowest BCUT2D eigenvalue weighted by atomic mass is 9.83. The van der Waals surface area contributed by atoms with Crippen LogP contribution in [0.4, 0.5) is 0 Å². The Hall–Kier alpha value is -3.40. The quantitative estimate of drug-likeness (QED) is 0.669. The molecule has 0 aromatic heterocycles. The van der Waals surface area contributed by atoms with Gasteiger partial charge in [-0.25, -0.2) is 0 Å². The van der Waals surface area contributed by atoms with Gasteiger partial charge in [0.25, 0.3) is 5.91 Å². The number of nitrogens with one attached hydrogen (secondary N) is 2. The number of ether oxygens (including phenoxy) is 1. The maximum absolute atomic E-state index is 12.4. The van der Waals surface area contributed by atoms with Crippen molar-refractivity contribution < 1.29 is 19.1 Å². The summed E-state index contributed by atoms with van der Waals surface area (Å²) in [4.78, 5) is 36.8. The minimum atomic E-state index is -1.05. The molecule has 1 aliphatic rings. The first-order chi connectivity index (χ1) is 14.9. The Kier molecular flexibility index (Phi) is 7.24. The summed E-state index contributed by atoms with van der Waals surface area (Å²) < 4.78 is 5.14. The number of benzene rings is 2. The monoisotopic (exact) mass is 421 g/mol. The minimum absolute atomic E-state index is 0.134. The molecule has 31 heavy (non-hydrogen) atoms. The third-order valence-corrected chi connectivity index (χ3v) is 5.62. The Morgan fingerprint density at radius 3 is 2.55 bits per heavy atom. The molecule has 2 aromatic rings. The average Bonchev–Trinajstić information content (AvgIpc) is 2.78. The molecular weight excluding hydrogens is 394 g/mol. The van der Waals surface area contributed by atoms with Gasteiger partial charge in [0.05, 0.1) is 12.5 Å². The van der Waals surface area contributed by atoms with Gasteiger partial charge in [0.1, 0.15) is 12.1 Å². The van der Waals surface area contributed by atoms with Crippen LogP contribution in [0.2, 0.25) is 0 Å². The highest BCUT2D eigenvalue weighted by Crippen LogP contribution is 2.27. The molecule has 0 unspecified atom stereocenters. The summed E-state index contributed by atoms with van der Waals surface area (Å²) in [6, 6.07) is 15.7. The van der Waals surface area contributed by atoms with E-state index in [4.69, 9.17) is 4.74 Å². The van der Waals surface area contributed by atoms with Gasteiger partial charge in [-0.05, 0) is 36.1 Å². The van der Waals surface area contributed by atoms with Crippen LogP contribution in [0.5, 0.6) is 0 Å². The fourth-order valence-corrected chi connectivity index (χ4v) is 3.90. The molecular formula is C24H27N3O4. The molecule has 0 aliphatic heterocycles. The summed E-state index contributed by atoms with van der Waals surface area (Å²) in [6.45, 7) is 1.13. The third kappa shape index (κ3) is 5.82. The SMILES string of the molecule is C[C@@H](OC(=O)CNC(=O)Cc1cccc2ccccc12)C(=O)NC1(C#N)CCCCC1. The lowest BCUT2D eigenvalue weighted by molar-refractivity contribution is -0.155. The zero-order valence-electron chi connectivity index (χ0n) is 17.6. The van der Waals surface area contributed by atoms with Crippen molar-refractivity contribution in [2.75, 3.05) is 6.54 Å². The van der Waals surface area contributed by atoms with Gasteiger partial charge in [0.2, 0.25) is 5.91 Å². The van der Waals surface area contributed by atoms with Gasteiger partial charge in [0, 0.05) is 0 Å². The average molecular weight is 421 g/mol. The van der Waals surface area contributed by atoms with Crippen molar-refractivity contribution in [1.29, 1.82) is 5.26 Å². The Bertz CT molecular complexity index is 1000. The van der Waals surface area contributed by atoms with E-state index in [1.165, 1.54) is 6.92 Å². The first kappa shape index (κ1) is 22.3. The number of nitrogens with zero attached hydrogens (tertiary/aromatic N) is 1. The number of fused-ring (bicyclic) bond motifs is 1. The Morgan fingerprint density at radius 2 is 1.81 bits per heavy atom. The number of rotatable bonds is 7. The Balaban J connectivity index is 1.47. The molecule has 7 nitrogen and oxygen atoms in total. The van der Waals surface area contributed by atoms with Gasteiger partial charge in [0.15, 0.2) is 6.10 Å². The van der Waals surface area contributed by atoms with Crippen molar-refractivity contribution in [3.63, 3.8) is 0 Å². The van der Waals surface area contributed by atoms with Crippen LogP contribution < -0.4 is 10.6 Å². The normalized spacial score (nSPS) is 16.0. The Morgan fingerprint density at radius 1 is 1.10 bits per heavy atom. The number of carbonyl (C=O) groups is 3. The first-order valence-corrected chi connectivity index (χ1v) is 10.6. The molecule has 2 aromatic carbocycles. The molecule has 1 atom stereocenters. The highest BCUT2D eigenvalue weighted by atomic mass is 16.5.